The zero-order valence-electron chi connectivity index (χ0n) is 13.1. The summed E-state index contributed by atoms with van der Waals surface area (Å²) in [4.78, 5) is 22.9. The lowest BCUT2D eigenvalue weighted by atomic mass is 10.0. The smallest absolute Gasteiger partial charge is 0.257 e. The van der Waals surface area contributed by atoms with Gasteiger partial charge in [-0.15, -0.1) is 12.4 Å². The van der Waals surface area contributed by atoms with Gasteiger partial charge in [0.2, 0.25) is 5.91 Å². The predicted molar refractivity (Wildman–Crippen MR) is 89.3 cm³/mol. The van der Waals surface area contributed by atoms with Crippen LogP contribution in [-0.4, -0.2) is 31.5 Å². The van der Waals surface area contributed by atoms with Gasteiger partial charge in [-0.05, 0) is 36.6 Å². The van der Waals surface area contributed by atoms with Crippen LogP contribution in [0.15, 0.2) is 24.3 Å². The Kier molecular flexibility index (Phi) is 9.21. The van der Waals surface area contributed by atoms with E-state index in [1.54, 1.807) is 31.3 Å². The lowest BCUT2D eigenvalue weighted by Gasteiger charge is -2.14. The van der Waals surface area contributed by atoms with Gasteiger partial charge in [-0.25, -0.2) is 0 Å². The van der Waals surface area contributed by atoms with Crippen molar-refractivity contribution in [2.75, 3.05) is 19.0 Å². The average Bonchev–Trinajstić information content (AvgIpc) is 2.45. The van der Waals surface area contributed by atoms with Crippen molar-refractivity contribution in [2.45, 2.75) is 26.3 Å². The normalized spacial score (nSPS) is 11.3. The van der Waals surface area contributed by atoms with Gasteiger partial charge in [0.1, 0.15) is 5.75 Å². The van der Waals surface area contributed by atoms with Crippen LogP contribution in [0, 0.1) is 5.92 Å². The number of hydrogen-bond acceptors (Lipinski definition) is 4. The van der Waals surface area contributed by atoms with E-state index in [4.69, 9.17) is 10.5 Å². The fraction of sp³-hybridized carbons (Fsp3) is 0.467. The molecule has 4 N–H and O–H groups in total. The summed E-state index contributed by atoms with van der Waals surface area (Å²) in [5.41, 5.74) is 6.46. The summed E-state index contributed by atoms with van der Waals surface area (Å²) >= 11 is 0. The molecule has 1 aromatic rings. The second-order valence-electron chi connectivity index (χ2n) is 5.21. The molecule has 6 nitrogen and oxygen atoms in total. The third kappa shape index (κ3) is 7.28. The summed E-state index contributed by atoms with van der Waals surface area (Å²) in [6.07, 6.45) is 0.638. The van der Waals surface area contributed by atoms with Crippen molar-refractivity contribution in [1.29, 1.82) is 0 Å². The third-order valence-corrected chi connectivity index (χ3v) is 2.83. The van der Waals surface area contributed by atoms with Crippen LogP contribution < -0.4 is 21.1 Å². The first-order valence-corrected chi connectivity index (χ1v) is 6.92. The SMILES string of the molecule is CNC(=O)COc1ccc(NC(=O)[C@@H](N)CC(C)C)cc1.Cl. The zero-order chi connectivity index (χ0) is 15.8. The van der Waals surface area contributed by atoms with E-state index in [9.17, 15) is 9.59 Å². The molecule has 124 valence electrons. The molecule has 2 amide bonds. The number of nitrogens with two attached hydrogens (primary N) is 1. The van der Waals surface area contributed by atoms with Gasteiger partial charge in [-0.2, -0.15) is 0 Å². The van der Waals surface area contributed by atoms with Crippen molar-refractivity contribution in [2.24, 2.45) is 11.7 Å². The minimum absolute atomic E-state index is 0. The Hall–Kier alpha value is -1.79. The van der Waals surface area contributed by atoms with Gasteiger partial charge in [-0.1, -0.05) is 13.8 Å². The topological polar surface area (TPSA) is 93.5 Å². The molecule has 0 radical (unpaired) electrons. The summed E-state index contributed by atoms with van der Waals surface area (Å²) in [7, 11) is 1.55. The minimum Gasteiger partial charge on any atom is -0.484 e. The number of halogens is 1. The average molecular weight is 330 g/mol. The summed E-state index contributed by atoms with van der Waals surface area (Å²) in [5, 5.41) is 5.22. The van der Waals surface area contributed by atoms with Crippen molar-refractivity contribution >= 4 is 29.9 Å². The Morgan fingerprint density at radius 3 is 2.32 bits per heavy atom. The van der Waals surface area contributed by atoms with Crippen molar-refractivity contribution in [3.63, 3.8) is 0 Å². The van der Waals surface area contributed by atoms with Crippen LogP contribution in [0.1, 0.15) is 20.3 Å². The predicted octanol–water partition coefficient (Wildman–Crippen LogP) is 1.55. The number of benzene rings is 1. The maximum atomic E-state index is 11.9. The lowest BCUT2D eigenvalue weighted by molar-refractivity contribution is -0.122. The second kappa shape index (κ2) is 10.0. The molecule has 22 heavy (non-hydrogen) atoms. The second-order valence-corrected chi connectivity index (χ2v) is 5.21. The van der Waals surface area contributed by atoms with Gasteiger partial charge in [0.25, 0.3) is 5.91 Å². The summed E-state index contributed by atoms with van der Waals surface area (Å²) < 4.78 is 5.27. The Morgan fingerprint density at radius 2 is 1.82 bits per heavy atom. The van der Waals surface area contributed by atoms with E-state index in [1.807, 2.05) is 13.8 Å². The fourth-order valence-corrected chi connectivity index (χ4v) is 1.71. The van der Waals surface area contributed by atoms with E-state index in [-0.39, 0.29) is 30.8 Å². The molecule has 1 rings (SSSR count). The number of likely N-dealkylation sites (N-methyl/N-ethyl adjacent to an activating group) is 1. The molecular weight excluding hydrogens is 306 g/mol. The molecule has 0 aliphatic carbocycles. The highest BCUT2D eigenvalue weighted by Gasteiger charge is 2.14. The van der Waals surface area contributed by atoms with Crippen molar-refractivity contribution in [1.82, 2.24) is 5.32 Å². The number of nitrogens with one attached hydrogen (secondary N) is 2. The van der Waals surface area contributed by atoms with Crippen molar-refractivity contribution < 1.29 is 14.3 Å². The first-order chi connectivity index (χ1) is 9.92. The Balaban J connectivity index is 0.00000441. The molecule has 0 heterocycles. The van der Waals surface area contributed by atoms with E-state index in [1.165, 1.54) is 0 Å². The Morgan fingerprint density at radius 1 is 1.23 bits per heavy atom. The number of carbonyl (C=O) groups is 2. The standard InChI is InChI=1S/C15H23N3O3.ClH/c1-10(2)8-13(16)15(20)18-11-4-6-12(7-5-11)21-9-14(19)17-3;/h4-7,10,13H,8-9,16H2,1-3H3,(H,17,19)(H,18,20);1H/t13-;/m0./s1. The third-order valence-electron chi connectivity index (χ3n) is 2.83. The Labute approximate surface area is 137 Å². The van der Waals surface area contributed by atoms with Crippen LogP contribution in [0.2, 0.25) is 0 Å². The molecule has 0 saturated heterocycles. The maximum Gasteiger partial charge on any atom is 0.257 e. The first kappa shape index (κ1) is 20.2. The van der Waals surface area contributed by atoms with E-state index in [2.05, 4.69) is 10.6 Å². The minimum atomic E-state index is -0.519. The van der Waals surface area contributed by atoms with Crippen LogP contribution in [-0.2, 0) is 9.59 Å². The van der Waals surface area contributed by atoms with Crippen molar-refractivity contribution in [3.05, 3.63) is 24.3 Å². The van der Waals surface area contributed by atoms with Crippen LogP contribution >= 0.6 is 12.4 Å². The van der Waals surface area contributed by atoms with Gasteiger partial charge in [0.05, 0.1) is 6.04 Å². The molecule has 0 aliphatic heterocycles. The number of hydrogen-bond donors (Lipinski definition) is 3. The highest BCUT2D eigenvalue weighted by molar-refractivity contribution is 5.94. The molecule has 0 saturated carbocycles. The molecule has 0 bridgehead atoms. The first-order valence-electron chi connectivity index (χ1n) is 6.92. The maximum absolute atomic E-state index is 11.9. The number of carbonyl (C=O) groups excluding carboxylic acids is 2. The molecule has 0 unspecified atom stereocenters. The largest absolute Gasteiger partial charge is 0.484 e. The van der Waals surface area contributed by atoms with Crippen molar-refractivity contribution in [3.8, 4) is 5.75 Å². The zero-order valence-corrected chi connectivity index (χ0v) is 13.9. The Bertz CT molecular complexity index is 477. The molecule has 7 heteroatoms. The summed E-state index contributed by atoms with van der Waals surface area (Å²) in [6, 6.07) is 6.27. The molecule has 0 aliphatic rings. The van der Waals surface area contributed by atoms with Gasteiger partial charge in [-0.3, -0.25) is 9.59 Å². The highest BCUT2D eigenvalue weighted by Crippen LogP contribution is 2.16. The van der Waals surface area contributed by atoms with Crippen LogP contribution in [0.4, 0.5) is 5.69 Å². The van der Waals surface area contributed by atoms with E-state index in [0.29, 0.717) is 23.8 Å². The fourth-order valence-electron chi connectivity index (χ4n) is 1.71. The van der Waals surface area contributed by atoms with E-state index < -0.39 is 6.04 Å². The van der Waals surface area contributed by atoms with E-state index in [0.717, 1.165) is 0 Å². The van der Waals surface area contributed by atoms with E-state index >= 15 is 0 Å². The summed E-state index contributed by atoms with van der Waals surface area (Å²) in [5.74, 6) is 0.518. The quantitative estimate of drug-likeness (QED) is 0.707. The molecule has 0 fully saturated rings. The number of amides is 2. The van der Waals surface area contributed by atoms with Gasteiger partial charge < -0.3 is 21.1 Å². The number of anilines is 1. The molecular formula is C15H24ClN3O3. The monoisotopic (exact) mass is 329 g/mol. The van der Waals surface area contributed by atoms with Gasteiger partial charge in [0, 0.05) is 12.7 Å². The lowest BCUT2D eigenvalue weighted by Crippen LogP contribution is -2.36. The number of rotatable bonds is 7. The molecule has 1 atom stereocenters. The van der Waals surface area contributed by atoms with Crippen LogP contribution in [0.5, 0.6) is 5.75 Å². The molecule has 1 aromatic carbocycles. The van der Waals surface area contributed by atoms with Crippen LogP contribution in [0.25, 0.3) is 0 Å². The molecule has 0 aromatic heterocycles. The summed E-state index contributed by atoms with van der Waals surface area (Å²) in [6.45, 7) is 4.00. The van der Waals surface area contributed by atoms with Gasteiger partial charge >= 0.3 is 0 Å². The highest BCUT2D eigenvalue weighted by atomic mass is 35.5. The van der Waals surface area contributed by atoms with Crippen LogP contribution in [0.3, 0.4) is 0 Å². The van der Waals surface area contributed by atoms with Gasteiger partial charge in [0.15, 0.2) is 6.61 Å². The number of ether oxygens (including phenoxy) is 1. The molecule has 0 spiro atoms.